The summed E-state index contributed by atoms with van der Waals surface area (Å²) in [5.41, 5.74) is 2.38. The minimum Gasteiger partial charge on any atom is -0.480 e. The van der Waals surface area contributed by atoms with E-state index in [0.717, 1.165) is 25.6 Å². The Hall–Kier alpha value is -1.63. The van der Waals surface area contributed by atoms with E-state index in [1.54, 1.807) is 17.5 Å². The van der Waals surface area contributed by atoms with E-state index in [1.165, 1.54) is 29.6 Å². The molecule has 2 aromatic rings. The minimum absolute atomic E-state index is 0.269. The summed E-state index contributed by atoms with van der Waals surface area (Å²) in [5, 5.41) is 40.8. The number of carboxylic acids is 2. The van der Waals surface area contributed by atoms with Crippen LogP contribution in [0.15, 0.2) is 31.8 Å². The quantitative estimate of drug-likeness (QED) is 0.203. The molecule has 17 heteroatoms. The van der Waals surface area contributed by atoms with Crippen molar-refractivity contribution < 1.29 is 34.5 Å². The largest absolute Gasteiger partial charge is 0.480 e. The van der Waals surface area contributed by atoms with Gasteiger partial charge in [0.05, 0.1) is 0 Å². The molecule has 188 valence electrons. The molecule has 2 aromatic heterocycles. The molecule has 3 N–H and O–H groups in total. The van der Waals surface area contributed by atoms with Crippen LogP contribution in [0.5, 0.6) is 0 Å². The van der Waals surface area contributed by atoms with E-state index >= 15 is 0 Å². The predicted octanol–water partition coefficient (Wildman–Crippen LogP) is 4.47. The molecule has 0 fully saturated rings. The Kier molecular flexibility index (Phi) is 13.8. The molecule has 0 radical (unpaired) electrons. The second kappa shape index (κ2) is 15.4. The summed E-state index contributed by atoms with van der Waals surface area (Å²) >= 11 is 10.3. The number of rotatable bonds is 13. The normalized spacial score (nSPS) is 13.3. The molecule has 0 aliphatic carbocycles. The maximum absolute atomic E-state index is 10.8. The maximum atomic E-state index is 10.8. The fourth-order valence-corrected chi connectivity index (χ4v) is 6.43. The smallest absolute Gasteiger partial charge is 0.331 e. The van der Waals surface area contributed by atoms with Crippen LogP contribution < -0.4 is 5.48 Å². The summed E-state index contributed by atoms with van der Waals surface area (Å²) in [7, 11) is 0. The number of thioether (sulfide) groups is 1. The van der Waals surface area contributed by atoms with Gasteiger partial charge in [-0.1, -0.05) is 0 Å². The molecule has 0 bridgehead atoms. The molecule has 0 aliphatic rings. The Balaban J connectivity index is 0.000000340. The number of hydroxylamine groups is 1. The van der Waals surface area contributed by atoms with Crippen LogP contribution in [0.1, 0.15) is 28.0 Å². The first kappa shape index (κ1) is 30.4. The van der Waals surface area contributed by atoms with Gasteiger partial charge in [0.15, 0.2) is 6.61 Å². The van der Waals surface area contributed by atoms with Gasteiger partial charge in [0, 0.05) is 39.3 Å². The molecule has 3 atom stereocenters. The Labute approximate surface area is 222 Å². The number of halogens is 2. The lowest BCUT2D eigenvalue weighted by atomic mass is 10.2. The molecule has 2 heterocycles. The number of nitrogens with zero attached hydrogens (tertiary/aromatic N) is 2. The molecule has 3 unspecified atom stereocenters. The van der Waals surface area contributed by atoms with E-state index in [0.29, 0.717) is 4.88 Å². The highest BCUT2D eigenvalue weighted by molar-refractivity contribution is 9.10. The molecular formula is C17H19Br2N3O9S3. The topological polar surface area (TPSA) is 182 Å². The Morgan fingerprint density at radius 1 is 1.09 bits per heavy atom. The van der Waals surface area contributed by atoms with E-state index in [1.807, 2.05) is 5.38 Å². The Morgan fingerprint density at radius 2 is 1.62 bits per heavy atom. The van der Waals surface area contributed by atoms with Crippen molar-refractivity contribution >= 4 is 78.2 Å². The number of carboxylic acid groups (broad SMARTS) is 2. The summed E-state index contributed by atoms with van der Waals surface area (Å²) in [6.07, 6.45) is 0. The zero-order chi connectivity index (χ0) is 25.8. The van der Waals surface area contributed by atoms with Gasteiger partial charge >= 0.3 is 11.9 Å². The number of nitrogens with one attached hydrogen (secondary N) is 1. The Morgan fingerprint density at radius 3 is 2.03 bits per heavy atom. The van der Waals surface area contributed by atoms with Crippen LogP contribution in [0, 0.1) is 20.2 Å². The molecule has 2 rings (SSSR count). The zero-order valence-electron chi connectivity index (χ0n) is 17.3. The Bertz CT molecular complexity index is 988. The van der Waals surface area contributed by atoms with Crippen molar-refractivity contribution in [2.75, 3.05) is 19.7 Å². The third kappa shape index (κ3) is 12.2. The first-order valence-electron chi connectivity index (χ1n) is 9.07. The first-order chi connectivity index (χ1) is 15.9. The van der Waals surface area contributed by atoms with Gasteiger partial charge in [0.1, 0.15) is 16.5 Å². The number of carbonyl (C=O) groups is 2. The second-order valence-electron chi connectivity index (χ2n) is 6.32. The number of aliphatic carboxylic acids is 2. The molecule has 0 spiro atoms. The SMILES string of the molecule is CC(SC(C[N+](=O)[O-])c1cc(Br)cs1)C(=O)O.O=C(O)CONC(C[N+](=O)[O-])c1cc(Br)cs1. The number of thiophene rings is 2. The summed E-state index contributed by atoms with van der Waals surface area (Å²) in [4.78, 5) is 47.3. The van der Waals surface area contributed by atoms with Crippen molar-refractivity contribution in [3.8, 4) is 0 Å². The van der Waals surface area contributed by atoms with Gasteiger partial charge in [-0.15, -0.1) is 34.4 Å². The summed E-state index contributed by atoms with van der Waals surface area (Å²) in [6, 6.07) is 2.84. The van der Waals surface area contributed by atoms with Crippen LogP contribution in [-0.2, 0) is 14.4 Å². The van der Waals surface area contributed by atoms with E-state index < -0.39 is 44.9 Å². The van der Waals surface area contributed by atoms with Gasteiger partial charge in [0.2, 0.25) is 13.1 Å². The van der Waals surface area contributed by atoms with Gasteiger partial charge < -0.3 is 10.2 Å². The molecule has 0 aromatic carbocycles. The van der Waals surface area contributed by atoms with Gasteiger partial charge in [-0.2, -0.15) is 5.48 Å². The fourth-order valence-electron chi connectivity index (χ4n) is 2.19. The molecule has 12 nitrogen and oxygen atoms in total. The lowest BCUT2D eigenvalue weighted by Crippen LogP contribution is -2.29. The van der Waals surface area contributed by atoms with E-state index in [2.05, 4.69) is 42.2 Å². The van der Waals surface area contributed by atoms with Crippen molar-refractivity contribution in [3.05, 3.63) is 61.8 Å². The highest BCUT2D eigenvalue weighted by atomic mass is 79.9. The van der Waals surface area contributed by atoms with Crippen molar-refractivity contribution in [3.63, 3.8) is 0 Å². The van der Waals surface area contributed by atoms with Crippen molar-refractivity contribution in [2.45, 2.75) is 23.5 Å². The molecule has 0 aliphatic heterocycles. The van der Waals surface area contributed by atoms with E-state index in [9.17, 15) is 29.8 Å². The number of hydrogen-bond donors (Lipinski definition) is 3. The van der Waals surface area contributed by atoms with Crippen LogP contribution >= 0.6 is 66.3 Å². The summed E-state index contributed by atoms with van der Waals surface area (Å²) in [6.45, 7) is 0.325. The molecule has 0 saturated heterocycles. The molecule has 34 heavy (non-hydrogen) atoms. The third-order valence-electron chi connectivity index (χ3n) is 3.62. The molecule has 0 saturated carbocycles. The van der Waals surface area contributed by atoms with Crippen LogP contribution in [0.4, 0.5) is 0 Å². The molecule has 0 amide bonds. The summed E-state index contributed by atoms with van der Waals surface area (Å²) < 4.78 is 1.67. The number of nitro groups is 2. The summed E-state index contributed by atoms with van der Waals surface area (Å²) in [5.74, 6) is -2.11. The van der Waals surface area contributed by atoms with Gasteiger partial charge in [-0.3, -0.25) is 29.9 Å². The van der Waals surface area contributed by atoms with Gasteiger partial charge in [0.25, 0.3) is 0 Å². The van der Waals surface area contributed by atoms with Crippen LogP contribution in [0.2, 0.25) is 0 Å². The highest BCUT2D eigenvalue weighted by Crippen LogP contribution is 2.37. The van der Waals surface area contributed by atoms with Crippen molar-refractivity contribution in [1.29, 1.82) is 0 Å². The second-order valence-corrected chi connectivity index (χ2v) is 11.6. The van der Waals surface area contributed by atoms with Gasteiger partial charge in [-0.25, -0.2) is 4.79 Å². The molecular weight excluding hydrogens is 646 g/mol. The van der Waals surface area contributed by atoms with Crippen LogP contribution in [0.3, 0.4) is 0 Å². The van der Waals surface area contributed by atoms with Crippen molar-refractivity contribution in [2.24, 2.45) is 0 Å². The maximum Gasteiger partial charge on any atom is 0.331 e. The predicted molar refractivity (Wildman–Crippen MR) is 135 cm³/mol. The third-order valence-corrected chi connectivity index (χ3v) is 8.73. The van der Waals surface area contributed by atoms with Crippen LogP contribution in [0.25, 0.3) is 0 Å². The van der Waals surface area contributed by atoms with E-state index in [4.69, 9.17) is 10.2 Å². The zero-order valence-corrected chi connectivity index (χ0v) is 22.9. The fraction of sp³-hybridized carbons (Fsp3) is 0.412. The number of hydrogen-bond acceptors (Lipinski definition) is 11. The standard InChI is InChI=1S/C9H10BrNO4S2.C8H9BrN2O5S/c1-5(9(12)13)17-8(3-11(14)15)7-2-6(10)4-16-7;9-5-1-7(17-4-5)6(2-11(14)15)10-16-3-8(12)13/h2,4-5,8H,3H2,1H3,(H,12,13);1,4,6,10H,2-3H2,(H,12,13). The lowest BCUT2D eigenvalue weighted by Gasteiger charge is -2.13. The minimum atomic E-state index is -1.15. The first-order valence-corrected chi connectivity index (χ1v) is 13.4. The average Bonchev–Trinajstić information content (AvgIpc) is 3.34. The van der Waals surface area contributed by atoms with Crippen molar-refractivity contribution in [1.82, 2.24) is 5.48 Å². The van der Waals surface area contributed by atoms with Crippen LogP contribution in [-0.4, -0.2) is 56.9 Å². The highest BCUT2D eigenvalue weighted by Gasteiger charge is 2.25. The average molecular weight is 665 g/mol. The lowest BCUT2D eigenvalue weighted by molar-refractivity contribution is -0.486. The monoisotopic (exact) mass is 663 g/mol. The van der Waals surface area contributed by atoms with Gasteiger partial charge in [-0.05, 0) is 50.9 Å². The van der Waals surface area contributed by atoms with E-state index in [-0.39, 0.29) is 13.1 Å².